The van der Waals surface area contributed by atoms with Crippen LogP contribution in [0, 0.1) is 0 Å². The minimum Gasteiger partial charge on any atom is -0.350 e. The van der Waals surface area contributed by atoms with Crippen LogP contribution in [0.25, 0.3) is 10.9 Å². The quantitative estimate of drug-likeness (QED) is 0.743. The number of likely N-dealkylation sites (N-methyl/N-ethyl adjacent to an activating group) is 1. The maximum absolute atomic E-state index is 3.47. The minimum atomic E-state index is 0.937. The third kappa shape index (κ3) is 2.87. The normalized spacial score (nSPS) is 11.2. The second kappa shape index (κ2) is 5.84. The van der Waals surface area contributed by atoms with Crippen LogP contribution in [0.5, 0.6) is 0 Å². The highest BCUT2D eigenvalue weighted by Crippen LogP contribution is 2.19. The Kier molecular flexibility index (Phi) is 4.18. The topological polar surface area (TPSA) is 29.0 Å². The Morgan fingerprint density at radius 2 is 1.88 bits per heavy atom. The van der Waals surface area contributed by atoms with Crippen LogP contribution in [-0.2, 0) is 13.6 Å². The number of nitrogens with zero attached hydrogens (tertiary/aromatic N) is 1. The Bertz CT molecular complexity index is 473. The number of rotatable bonds is 6. The molecule has 3 nitrogen and oxygen atoms in total. The Morgan fingerprint density at radius 1 is 1.12 bits per heavy atom. The summed E-state index contributed by atoms with van der Waals surface area (Å²) in [6, 6.07) is 8.54. The van der Waals surface area contributed by atoms with Crippen molar-refractivity contribution in [3.63, 3.8) is 0 Å². The van der Waals surface area contributed by atoms with Crippen molar-refractivity contribution in [2.75, 3.05) is 19.6 Å². The first-order valence-electron chi connectivity index (χ1n) is 6.27. The van der Waals surface area contributed by atoms with Gasteiger partial charge < -0.3 is 15.2 Å². The standard InChI is InChI=1S/C14H21N3/c1-3-15-8-9-16-10-12-11-17(2)14-7-5-4-6-13(12)14/h4-7,11,15-16H,3,8-10H2,1-2H3. The number of aryl methyl sites for hydroxylation is 1. The maximum atomic E-state index is 3.47. The van der Waals surface area contributed by atoms with E-state index in [1.54, 1.807) is 0 Å². The van der Waals surface area contributed by atoms with Crippen LogP contribution in [0.4, 0.5) is 0 Å². The van der Waals surface area contributed by atoms with Crippen LogP contribution in [-0.4, -0.2) is 24.2 Å². The Balaban J connectivity index is 1.99. The summed E-state index contributed by atoms with van der Waals surface area (Å²) in [6.45, 7) is 6.14. The SMILES string of the molecule is CCNCCNCc1cn(C)c2ccccc12. The summed E-state index contributed by atoms with van der Waals surface area (Å²) in [6.07, 6.45) is 2.21. The van der Waals surface area contributed by atoms with E-state index in [1.165, 1.54) is 16.5 Å². The summed E-state index contributed by atoms with van der Waals surface area (Å²) in [5.41, 5.74) is 2.68. The van der Waals surface area contributed by atoms with Gasteiger partial charge in [-0.05, 0) is 18.2 Å². The fraction of sp³-hybridized carbons (Fsp3) is 0.429. The molecular weight excluding hydrogens is 210 g/mol. The summed E-state index contributed by atoms with van der Waals surface area (Å²) in [7, 11) is 2.10. The van der Waals surface area contributed by atoms with Crippen molar-refractivity contribution in [3.8, 4) is 0 Å². The van der Waals surface area contributed by atoms with Gasteiger partial charge in [0.25, 0.3) is 0 Å². The van der Waals surface area contributed by atoms with E-state index in [2.05, 4.69) is 59.6 Å². The van der Waals surface area contributed by atoms with Gasteiger partial charge in [0, 0.05) is 43.8 Å². The number of nitrogens with one attached hydrogen (secondary N) is 2. The van der Waals surface area contributed by atoms with E-state index in [4.69, 9.17) is 0 Å². The molecule has 0 atom stereocenters. The highest BCUT2D eigenvalue weighted by atomic mass is 15.0. The predicted octanol–water partition coefficient (Wildman–Crippen LogP) is 1.88. The van der Waals surface area contributed by atoms with E-state index < -0.39 is 0 Å². The van der Waals surface area contributed by atoms with Gasteiger partial charge in [-0.1, -0.05) is 25.1 Å². The second-order valence-corrected chi connectivity index (χ2v) is 4.31. The largest absolute Gasteiger partial charge is 0.350 e. The van der Waals surface area contributed by atoms with Gasteiger partial charge in [0.2, 0.25) is 0 Å². The molecule has 2 aromatic rings. The average molecular weight is 231 g/mol. The first-order valence-corrected chi connectivity index (χ1v) is 6.27. The lowest BCUT2D eigenvalue weighted by Gasteiger charge is -2.04. The van der Waals surface area contributed by atoms with Crippen LogP contribution in [0.3, 0.4) is 0 Å². The first kappa shape index (κ1) is 12.1. The Hall–Kier alpha value is -1.32. The fourth-order valence-electron chi connectivity index (χ4n) is 2.14. The zero-order chi connectivity index (χ0) is 12.1. The van der Waals surface area contributed by atoms with E-state index in [-0.39, 0.29) is 0 Å². The molecule has 0 aliphatic rings. The molecule has 0 spiro atoms. The van der Waals surface area contributed by atoms with Crippen molar-refractivity contribution in [1.29, 1.82) is 0 Å². The molecule has 92 valence electrons. The van der Waals surface area contributed by atoms with Gasteiger partial charge in [-0.25, -0.2) is 0 Å². The molecule has 1 aromatic carbocycles. The van der Waals surface area contributed by atoms with Gasteiger partial charge in [0.15, 0.2) is 0 Å². The average Bonchev–Trinajstić information content (AvgIpc) is 2.67. The van der Waals surface area contributed by atoms with Crippen molar-refractivity contribution in [3.05, 3.63) is 36.0 Å². The number of para-hydroxylation sites is 1. The van der Waals surface area contributed by atoms with Crippen molar-refractivity contribution in [2.24, 2.45) is 7.05 Å². The molecule has 0 bridgehead atoms. The van der Waals surface area contributed by atoms with Crippen molar-refractivity contribution < 1.29 is 0 Å². The molecule has 3 heteroatoms. The number of hydrogen-bond donors (Lipinski definition) is 2. The highest BCUT2D eigenvalue weighted by molar-refractivity contribution is 5.83. The van der Waals surface area contributed by atoms with Crippen molar-refractivity contribution in [2.45, 2.75) is 13.5 Å². The summed E-state index contributed by atoms with van der Waals surface area (Å²) in [4.78, 5) is 0. The summed E-state index contributed by atoms with van der Waals surface area (Å²) < 4.78 is 2.19. The monoisotopic (exact) mass is 231 g/mol. The molecule has 17 heavy (non-hydrogen) atoms. The molecule has 0 amide bonds. The highest BCUT2D eigenvalue weighted by Gasteiger charge is 2.04. The van der Waals surface area contributed by atoms with Gasteiger partial charge in [0.05, 0.1) is 0 Å². The molecule has 0 aliphatic carbocycles. The number of benzene rings is 1. The third-order valence-corrected chi connectivity index (χ3v) is 3.02. The van der Waals surface area contributed by atoms with Crippen molar-refractivity contribution >= 4 is 10.9 Å². The lowest BCUT2D eigenvalue weighted by atomic mass is 10.2. The van der Waals surface area contributed by atoms with Crippen LogP contribution < -0.4 is 10.6 Å². The molecule has 0 saturated carbocycles. The smallest absolute Gasteiger partial charge is 0.0481 e. The Morgan fingerprint density at radius 3 is 2.71 bits per heavy atom. The molecule has 1 aromatic heterocycles. The van der Waals surface area contributed by atoms with E-state index in [1.807, 2.05) is 0 Å². The first-order chi connectivity index (χ1) is 8.33. The molecule has 0 saturated heterocycles. The molecular formula is C14H21N3. The van der Waals surface area contributed by atoms with Crippen LogP contribution in [0.15, 0.2) is 30.5 Å². The predicted molar refractivity (Wildman–Crippen MR) is 73.2 cm³/mol. The summed E-state index contributed by atoms with van der Waals surface area (Å²) >= 11 is 0. The molecule has 1 heterocycles. The minimum absolute atomic E-state index is 0.937. The van der Waals surface area contributed by atoms with Gasteiger partial charge in [-0.2, -0.15) is 0 Å². The van der Waals surface area contributed by atoms with Crippen LogP contribution >= 0.6 is 0 Å². The molecule has 0 fully saturated rings. The van der Waals surface area contributed by atoms with Gasteiger partial charge in [-0.15, -0.1) is 0 Å². The van der Waals surface area contributed by atoms with E-state index in [0.29, 0.717) is 0 Å². The number of fused-ring (bicyclic) bond motifs is 1. The number of aromatic nitrogens is 1. The van der Waals surface area contributed by atoms with Gasteiger partial charge in [-0.3, -0.25) is 0 Å². The van der Waals surface area contributed by atoms with Gasteiger partial charge in [0.1, 0.15) is 0 Å². The molecule has 0 unspecified atom stereocenters. The lowest BCUT2D eigenvalue weighted by molar-refractivity contribution is 0.625. The molecule has 0 radical (unpaired) electrons. The third-order valence-electron chi connectivity index (χ3n) is 3.02. The molecule has 0 aliphatic heterocycles. The Labute approximate surface area is 103 Å². The van der Waals surface area contributed by atoms with Crippen LogP contribution in [0.2, 0.25) is 0 Å². The zero-order valence-corrected chi connectivity index (χ0v) is 10.7. The summed E-state index contributed by atoms with van der Waals surface area (Å²) in [5.74, 6) is 0. The molecule has 2 N–H and O–H groups in total. The second-order valence-electron chi connectivity index (χ2n) is 4.31. The van der Waals surface area contributed by atoms with Crippen LogP contribution in [0.1, 0.15) is 12.5 Å². The van der Waals surface area contributed by atoms with Gasteiger partial charge >= 0.3 is 0 Å². The van der Waals surface area contributed by atoms with Crippen molar-refractivity contribution in [1.82, 2.24) is 15.2 Å². The fourth-order valence-corrected chi connectivity index (χ4v) is 2.14. The van der Waals surface area contributed by atoms with E-state index in [0.717, 1.165) is 26.2 Å². The number of hydrogen-bond acceptors (Lipinski definition) is 2. The van der Waals surface area contributed by atoms with E-state index >= 15 is 0 Å². The maximum Gasteiger partial charge on any atom is 0.0481 e. The lowest BCUT2D eigenvalue weighted by Crippen LogP contribution is -2.26. The molecule has 2 rings (SSSR count). The van der Waals surface area contributed by atoms with E-state index in [9.17, 15) is 0 Å². The summed E-state index contributed by atoms with van der Waals surface area (Å²) in [5, 5.41) is 8.13. The zero-order valence-electron chi connectivity index (χ0n) is 10.7.